The van der Waals surface area contributed by atoms with E-state index in [0.717, 1.165) is 30.3 Å². The van der Waals surface area contributed by atoms with Crippen LogP contribution in [0.15, 0.2) is 30.6 Å². The van der Waals surface area contributed by atoms with E-state index in [-0.39, 0.29) is 12.2 Å². The molecule has 0 saturated carbocycles. The fraction of sp³-hybridized carbons (Fsp3) is 0.333. The minimum atomic E-state index is -0.781. The van der Waals surface area contributed by atoms with E-state index < -0.39 is 11.9 Å². The maximum atomic E-state index is 12.4. The molecule has 1 aromatic carbocycles. The number of carbonyl (C=O) groups is 2. The average molecular weight is 340 g/mol. The maximum absolute atomic E-state index is 12.4. The first-order valence-electron chi connectivity index (χ1n) is 8.29. The number of hydrogen-bond donors (Lipinski definition) is 1. The Kier molecular flexibility index (Phi) is 5.04. The molecule has 2 aromatic heterocycles. The summed E-state index contributed by atoms with van der Waals surface area (Å²) in [7, 11) is 1.60. The number of aryl methyl sites for hydroxylation is 1. The van der Waals surface area contributed by atoms with E-state index >= 15 is 0 Å². The number of hydrogen-bond acceptors (Lipinski definition) is 6. The van der Waals surface area contributed by atoms with Gasteiger partial charge in [0.15, 0.2) is 5.69 Å². The molecule has 7 heteroatoms. The number of fused-ring (bicyclic) bond motifs is 3. The van der Waals surface area contributed by atoms with Crippen LogP contribution in [-0.4, -0.2) is 40.1 Å². The van der Waals surface area contributed by atoms with E-state index in [0.29, 0.717) is 11.0 Å². The van der Waals surface area contributed by atoms with Gasteiger partial charge in [-0.2, -0.15) is 0 Å². The van der Waals surface area contributed by atoms with Crippen molar-refractivity contribution < 1.29 is 14.3 Å². The third kappa shape index (κ3) is 3.36. The predicted octanol–water partition coefficient (Wildman–Crippen LogP) is 2.29. The molecule has 0 aliphatic heterocycles. The van der Waals surface area contributed by atoms with E-state index in [1.807, 2.05) is 28.8 Å². The molecular weight excluding hydrogens is 320 g/mol. The molecule has 0 aliphatic carbocycles. The number of unbranched alkanes of at least 4 members (excludes halogenated alkanes) is 1. The van der Waals surface area contributed by atoms with Crippen molar-refractivity contribution in [1.29, 1.82) is 0 Å². The fourth-order valence-electron chi connectivity index (χ4n) is 2.76. The number of aromatic nitrogens is 3. The van der Waals surface area contributed by atoms with Crippen molar-refractivity contribution in [3.8, 4) is 0 Å². The number of pyridine rings is 1. The molecule has 3 aromatic rings. The third-order valence-corrected chi connectivity index (χ3v) is 3.93. The minimum absolute atomic E-state index is 0.0482. The lowest BCUT2D eigenvalue weighted by Gasteiger charge is -2.08. The molecule has 0 unspecified atom stereocenters. The van der Waals surface area contributed by atoms with Crippen LogP contribution in [0.5, 0.6) is 0 Å². The van der Waals surface area contributed by atoms with Crippen molar-refractivity contribution in [2.24, 2.45) is 0 Å². The lowest BCUT2D eigenvalue weighted by Crippen LogP contribution is -2.24. The van der Waals surface area contributed by atoms with E-state index in [1.54, 1.807) is 13.4 Å². The molecule has 130 valence electrons. The summed E-state index contributed by atoms with van der Waals surface area (Å²) in [5, 5.41) is 3.57. The molecule has 0 aliphatic rings. The number of benzene rings is 1. The zero-order chi connectivity index (χ0) is 17.8. The van der Waals surface area contributed by atoms with E-state index in [4.69, 9.17) is 4.74 Å². The number of likely N-dealkylation sites (N-methyl/N-ethyl adjacent to an activating group) is 1. The van der Waals surface area contributed by atoms with Crippen LogP contribution in [0.3, 0.4) is 0 Å². The summed E-state index contributed by atoms with van der Waals surface area (Å²) in [6.07, 6.45) is 3.76. The third-order valence-electron chi connectivity index (χ3n) is 3.93. The summed E-state index contributed by atoms with van der Waals surface area (Å²) in [4.78, 5) is 32.8. The second kappa shape index (κ2) is 7.40. The van der Waals surface area contributed by atoms with Gasteiger partial charge in [0.1, 0.15) is 5.52 Å². The standard InChI is InChI=1S/C18H20N4O3/c1-3-4-9-22-11-20-15-16(18(24)25-14(23)10-19-2)21-13-8-6-5-7-12(13)17(15)22/h5-8,11,19H,3-4,9-10H2,1-2H3. The Labute approximate surface area is 145 Å². The number of para-hydroxylation sites is 1. The highest BCUT2D eigenvalue weighted by Gasteiger charge is 2.22. The monoisotopic (exact) mass is 340 g/mol. The van der Waals surface area contributed by atoms with Crippen LogP contribution in [0.25, 0.3) is 21.9 Å². The van der Waals surface area contributed by atoms with Gasteiger partial charge in [-0.1, -0.05) is 31.5 Å². The van der Waals surface area contributed by atoms with Crippen molar-refractivity contribution in [1.82, 2.24) is 19.9 Å². The van der Waals surface area contributed by atoms with Crippen molar-refractivity contribution in [3.63, 3.8) is 0 Å². The van der Waals surface area contributed by atoms with Crippen LogP contribution in [0.2, 0.25) is 0 Å². The zero-order valence-corrected chi connectivity index (χ0v) is 14.3. The summed E-state index contributed by atoms with van der Waals surface area (Å²) in [6, 6.07) is 7.57. The summed E-state index contributed by atoms with van der Waals surface area (Å²) < 4.78 is 6.90. The lowest BCUT2D eigenvalue weighted by atomic mass is 10.1. The smallest absolute Gasteiger partial charge is 0.366 e. The molecule has 25 heavy (non-hydrogen) atoms. The van der Waals surface area contributed by atoms with Crippen LogP contribution >= 0.6 is 0 Å². The Bertz CT molecular complexity index is 933. The van der Waals surface area contributed by atoms with Crippen LogP contribution in [0.1, 0.15) is 30.3 Å². The topological polar surface area (TPSA) is 86.1 Å². The van der Waals surface area contributed by atoms with Gasteiger partial charge >= 0.3 is 11.9 Å². The number of nitrogens with one attached hydrogen (secondary N) is 1. The normalized spacial score (nSPS) is 11.1. The molecule has 2 heterocycles. The first-order chi connectivity index (χ1) is 12.2. The van der Waals surface area contributed by atoms with Crippen LogP contribution < -0.4 is 5.32 Å². The Morgan fingerprint density at radius 1 is 1.28 bits per heavy atom. The molecule has 0 amide bonds. The maximum Gasteiger partial charge on any atom is 0.366 e. The van der Waals surface area contributed by atoms with Crippen molar-refractivity contribution in [3.05, 3.63) is 36.3 Å². The van der Waals surface area contributed by atoms with Crippen LogP contribution in [0, 0.1) is 0 Å². The largest absolute Gasteiger partial charge is 0.387 e. The first-order valence-corrected chi connectivity index (χ1v) is 8.29. The van der Waals surface area contributed by atoms with Crippen LogP contribution in [-0.2, 0) is 16.1 Å². The number of carbonyl (C=O) groups excluding carboxylic acids is 2. The highest BCUT2D eigenvalue weighted by Crippen LogP contribution is 2.26. The summed E-state index contributed by atoms with van der Waals surface area (Å²) >= 11 is 0. The molecule has 1 N–H and O–H groups in total. The Morgan fingerprint density at radius 2 is 2.08 bits per heavy atom. The quantitative estimate of drug-likeness (QED) is 0.547. The summed E-state index contributed by atoms with van der Waals surface area (Å²) in [6.45, 7) is 2.87. The van der Waals surface area contributed by atoms with Crippen molar-refractivity contribution >= 4 is 33.9 Å². The molecule has 0 saturated heterocycles. The summed E-state index contributed by atoms with van der Waals surface area (Å²) in [5.41, 5.74) is 2.03. The van der Waals surface area contributed by atoms with E-state index in [2.05, 4.69) is 22.2 Å². The number of ether oxygens (including phenoxy) is 1. The Morgan fingerprint density at radius 3 is 2.84 bits per heavy atom. The Hall–Kier alpha value is -2.80. The second-order valence-corrected chi connectivity index (χ2v) is 5.76. The van der Waals surface area contributed by atoms with Gasteiger partial charge < -0.3 is 14.6 Å². The van der Waals surface area contributed by atoms with Crippen LogP contribution in [0.4, 0.5) is 0 Å². The second-order valence-electron chi connectivity index (χ2n) is 5.76. The molecule has 7 nitrogen and oxygen atoms in total. The zero-order valence-electron chi connectivity index (χ0n) is 14.3. The first kappa shape index (κ1) is 17.0. The molecule has 0 fully saturated rings. The lowest BCUT2D eigenvalue weighted by molar-refractivity contribution is -0.136. The van der Waals surface area contributed by atoms with Crippen molar-refractivity contribution in [2.45, 2.75) is 26.3 Å². The number of rotatable bonds is 6. The number of esters is 2. The Balaban J connectivity index is 2.13. The molecule has 3 rings (SSSR count). The SMILES string of the molecule is CCCCn1cnc2c(C(=O)OC(=O)CNC)nc3ccccc3c21. The average Bonchev–Trinajstić information content (AvgIpc) is 3.03. The molecule has 0 atom stereocenters. The summed E-state index contributed by atoms with van der Waals surface area (Å²) in [5.74, 6) is -1.43. The molecule has 0 spiro atoms. The van der Waals surface area contributed by atoms with Gasteiger partial charge in [0.25, 0.3) is 0 Å². The number of imidazole rings is 1. The highest BCUT2D eigenvalue weighted by molar-refractivity contribution is 6.12. The van der Waals surface area contributed by atoms with Gasteiger partial charge in [0.2, 0.25) is 0 Å². The predicted molar refractivity (Wildman–Crippen MR) is 94.3 cm³/mol. The van der Waals surface area contributed by atoms with Gasteiger partial charge in [-0.25, -0.2) is 14.8 Å². The minimum Gasteiger partial charge on any atom is -0.387 e. The van der Waals surface area contributed by atoms with E-state index in [1.165, 1.54) is 0 Å². The van der Waals surface area contributed by atoms with Crippen molar-refractivity contribution in [2.75, 3.05) is 13.6 Å². The molecular formula is C18H20N4O3. The molecule has 0 bridgehead atoms. The van der Waals surface area contributed by atoms with E-state index in [9.17, 15) is 9.59 Å². The van der Waals surface area contributed by atoms with Gasteiger partial charge in [-0.05, 0) is 19.5 Å². The van der Waals surface area contributed by atoms with Gasteiger partial charge in [-0.15, -0.1) is 0 Å². The highest BCUT2D eigenvalue weighted by atomic mass is 16.6. The number of nitrogens with zero attached hydrogens (tertiary/aromatic N) is 3. The fourth-order valence-corrected chi connectivity index (χ4v) is 2.76. The van der Waals surface area contributed by atoms with Gasteiger partial charge in [-0.3, -0.25) is 4.79 Å². The van der Waals surface area contributed by atoms with Gasteiger partial charge in [0.05, 0.1) is 23.9 Å². The molecule has 0 radical (unpaired) electrons. The van der Waals surface area contributed by atoms with Gasteiger partial charge in [0, 0.05) is 11.9 Å².